The average Bonchev–Trinajstić information content (AvgIpc) is 2.54. The standard InChI is InChI=1S/C10H9ClO5S/c1-5-2-6-3-7(17(11,14)15)4-8(10(12)13)9(6)16-5/h3-5H,2H2,1H3,(H,12,13). The number of benzene rings is 1. The Morgan fingerprint density at radius 3 is 2.71 bits per heavy atom. The lowest BCUT2D eigenvalue weighted by molar-refractivity contribution is 0.0691. The van der Waals surface area contributed by atoms with E-state index in [4.69, 9.17) is 20.5 Å². The summed E-state index contributed by atoms with van der Waals surface area (Å²) in [7, 11) is 1.27. The number of carboxylic acid groups (broad SMARTS) is 1. The molecule has 2 rings (SSSR count). The minimum Gasteiger partial charge on any atom is -0.489 e. The lowest BCUT2D eigenvalue weighted by Crippen LogP contribution is -2.07. The molecule has 17 heavy (non-hydrogen) atoms. The fraction of sp³-hybridized carbons (Fsp3) is 0.300. The number of fused-ring (bicyclic) bond motifs is 1. The second kappa shape index (κ2) is 3.89. The zero-order chi connectivity index (χ0) is 12.8. The van der Waals surface area contributed by atoms with Gasteiger partial charge in [-0.1, -0.05) is 0 Å². The second-order valence-electron chi connectivity index (χ2n) is 3.83. The third kappa shape index (κ3) is 2.23. The second-order valence-corrected chi connectivity index (χ2v) is 6.40. The van der Waals surface area contributed by atoms with Gasteiger partial charge < -0.3 is 9.84 Å². The fourth-order valence-corrected chi connectivity index (χ4v) is 2.61. The molecule has 1 aliphatic heterocycles. The normalized spacial score (nSPS) is 18.6. The van der Waals surface area contributed by atoms with Gasteiger partial charge in [-0.05, 0) is 19.1 Å². The van der Waals surface area contributed by atoms with Crippen LogP contribution in [0.5, 0.6) is 5.75 Å². The Balaban J connectivity index is 2.68. The van der Waals surface area contributed by atoms with Crippen LogP contribution < -0.4 is 4.74 Å². The van der Waals surface area contributed by atoms with E-state index in [0.29, 0.717) is 12.0 Å². The van der Waals surface area contributed by atoms with Crippen LogP contribution in [0.25, 0.3) is 0 Å². The summed E-state index contributed by atoms with van der Waals surface area (Å²) in [5, 5.41) is 9.01. The first-order valence-corrected chi connectivity index (χ1v) is 7.11. The molecule has 0 aliphatic carbocycles. The molecule has 1 N–H and O–H groups in total. The quantitative estimate of drug-likeness (QED) is 0.831. The third-order valence-electron chi connectivity index (χ3n) is 2.48. The highest BCUT2D eigenvalue weighted by atomic mass is 35.7. The van der Waals surface area contributed by atoms with Crippen molar-refractivity contribution in [2.45, 2.75) is 24.3 Å². The van der Waals surface area contributed by atoms with Crippen LogP contribution >= 0.6 is 10.7 Å². The molecule has 1 heterocycles. The van der Waals surface area contributed by atoms with Gasteiger partial charge >= 0.3 is 5.97 Å². The van der Waals surface area contributed by atoms with Crippen molar-refractivity contribution in [3.05, 3.63) is 23.3 Å². The molecule has 5 nitrogen and oxygen atoms in total. The van der Waals surface area contributed by atoms with Crippen molar-refractivity contribution in [3.63, 3.8) is 0 Å². The third-order valence-corrected chi connectivity index (χ3v) is 3.81. The molecule has 92 valence electrons. The Morgan fingerprint density at radius 1 is 1.53 bits per heavy atom. The molecular weight excluding hydrogens is 268 g/mol. The SMILES string of the molecule is CC1Cc2cc(S(=O)(=O)Cl)cc(C(=O)O)c2O1. The first kappa shape index (κ1) is 12.2. The van der Waals surface area contributed by atoms with E-state index in [1.54, 1.807) is 6.92 Å². The molecule has 1 atom stereocenters. The van der Waals surface area contributed by atoms with Gasteiger partial charge in [0.1, 0.15) is 17.4 Å². The molecule has 0 radical (unpaired) electrons. The average molecular weight is 277 g/mol. The maximum Gasteiger partial charge on any atom is 0.339 e. The van der Waals surface area contributed by atoms with Crippen LogP contribution in [0, 0.1) is 0 Å². The summed E-state index contributed by atoms with van der Waals surface area (Å²) in [5.74, 6) is -1.01. The van der Waals surface area contributed by atoms with E-state index < -0.39 is 15.0 Å². The summed E-state index contributed by atoms with van der Waals surface area (Å²) < 4.78 is 27.8. The molecule has 1 aromatic rings. The molecule has 0 spiro atoms. The zero-order valence-corrected chi connectivity index (χ0v) is 10.4. The van der Waals surface area contributed by atoms with E-state index in [9.17, 15) is 13.2 Å². The van der Waals surface area contributed by atoms with Gasteiger partial charge in [0.15, 0.2) is 0 Å². The Bertz CT molecular complexity index is 593. The Kier molecular flexibility index (Phi) is 2.79. The van der Waals surface area contributed by atoms with Crippen LogP contribution in [-0.2, 0) is 15.5 Å². The molecule has 0 saturated heterocycles. The lowest BCUT2D eigenvalue weighted by Gasteiger charge is -2.07. The van der Waals surface area contributed by atoms with Crippen LogP contribution in [0.3, 0.4) is 0 Å². The minimum atomic E-state index is -3.94. The Labute approximate surface area is 102 Å². The van der Waals surface area contributed by atoms with Crippen molar-refractivity contribution in [2.24, 2.45) is 0 Å². The number of rotatable bonds is 2. The number of carboxylic acids is 1. The molecular formula is C10H9ClO5S. The maximum atomic E-state index is 11.2. The van der Waals surface area contributed by atoms with E-state index in [2.05, 4.69) is 0 Å². The molecule has 0 aromatic heterocycles. The minimum absolute atomic E-state index is 0.170. The maximum absolute atomic E-state index is 11.2. The van der Waals surface area contributed by atoms with Gasteiger partial charge in [0.25, 0.3) is 9.05 Å². The summed E-state index contributed by atoms with van der Waals surface area (Å²) in [4.78, 5) is 10.8. The molecule has 7 heteroatoms. The summed E-state index contributed by atoms with van der Waals surface area (Å²) in [5.41, 5.74) is 0.378. The first-order chi connectivity index (χ1) is 7.79. The van der Waals surface area contributed by atoms with E-state index in [0.717, 1.165) is 6.07 Å². The molecule has 1 unspecified atom stereocenters. The van der Waals surface area contributed by atoms with Crippen LogP contribution in [0.1, 0.15) is 22.8 Å². The van der Waals surface area contributed by atoms with Gasteiger partial charge in [-0.2, -0.15) is 0 Å². The molecule has 1 aliphatic rings. The van der Waals surface area contributed by atoms with Gasteiger partial charge in [-0.3, -0.25) is 0 Å². The highest BCUT2D eigenvalue weighted by Gasteiger charge is 2.28. The van der Waals surface area contributed by atoms with Gasteiger partial charge in [0, 0.05) is 22.7 Å². The highest BCUT2D eigenvalue weighted by Crippen LogP contribution is 2.35. The Morgan fingerprint density at radius 2 is 2.18 bits per heavy atom. The topological polar surface area (TPSA) is 80.7 Å². The molecule has 0 bridgehead atoms. The van der Waals surface area contributed by atoms with Gasteiger partial charge in [-0.15, -0.1) is 0 Å². The van der Waals surface area contributed by atoms with Crippen molar-refractivity contribution in [1.82, 2.24) is 0 Å². The summed E-state index contributed by atoms with van der Waals surface area (Å²) in [6, 6.07) is 2.37. The van der Waals surface area contributed by atoms with Crippen molar-refractivity contribution in [1.29, 1.82) is 0 Å². The summed E-state index contributed by atoms with van der Waals surface area (Å²) in [6.45, 7) is 1.78. The van der Waals surface area contributed by atoms with Crippen LogP contribution in [0.15, 0.2) is 17.0 Å². The van der Waals surface area contributed by atoms with Crippen molar-refractivity contribution < 1.29 is 23.1 Å². The predicted octanol–water partition coefficient (Wildman–Crippen LogP) is 1.64. The van der Waals surface area contributed by atoms with E-state index in [1.165, 1.54) is 6.07 Å². The molecule has 0 amide bonds. The van der Waals surface area contributed by atoms with E-state index >= 15 is 0 Å². The highest BCUT2D eigenvalue weighted by molar-refractivity contribution is 8.13. The van der Waals surface area contributed by atoms with Gasteiger partial charge in [0.2, 0.25) is 0 Å². The monoisotopic (exact) mass is 276 g/mol. The van der Waals surface area contributed by atoms with Crippen LogP contribution in [0.4, 0.5) is 0 Å². The van der Waals surface area contributed by atoms with Gasteiger partial charge in [-0.25, -0.2) is 13.2 Å². The lowest BCUT2D eigenvalue weighted by atomic mass is 10.1. The Hall–Kier alpha value is -1.27. The predicted molar refractivity (Wildman–Crippen MR) is 60.2 cm³/mol. The largest absolute Gasteiger partial charge is 0.489 e. The van der Waals surface area contributed by atoms with Crippen molar-refractivity contribution in [2.75, 3.05) is 0 Å². The van der Waals surface area contributed by atoms with Crippen LogP contribution in [0.2, 0.25) is 0 Å². The molecule has 0 saturated carbocycles. The number of aromatic carboxylic acids is 1. The van der Waals surface area contributed by atoms with Gasteiger partial charge in [0.05, 0.1) is 4.90 Å². The number of ether oxygens (including phenoxy) is 1. The van der Waals surface area contributed by atoms with E-state index in [-0.39, 0.29) is 22.3 Å². The molecule has 1 aromatic carbocycles. The summed E-state index contributed by atoms with van der Waals surface area (Å²) >= 11 is 0. The number of halogens is 1. The zero-order valence-electron chi connectivity index (χ0n) is 8.81. The van der Waals surface area contributed by atoms with E-state index in [1.807, 2.05) is 0 Å². The summed E-state index contributed by atoms with van der Waals surface area (Å²) in [6.07, 6.45) is 0.298. The number of hydrogen-bond acceptors (Lipinski definition) is 4. The fourth-order valence-electron chi connectivity index (χ4n) is 1.80. The number of carbonyl (C=O) groups is 1. The van der Waals surface area contributed by atoms with Crippen LogP contribution in [-0.4, -0.2) is 25.6 Å². The van der Waals surface area contributed by atoms with Crippen molar-refractivity contribution in [3.8, 4) is 5.75 Å². The van der Waals surface area contributed by atoms with Crippen molar-refractivity contribution >= 4 is 25.7 Å². The molecule has 0 fully saturated rings. The first-order valence-electron chi connectivity index (χ1n) is 4.80. The smallest absolute Gasteiger partial charge is 0.339 e. The number of hydrogen-bond donors (Lipinski definition) is 1.